The average molecular weight is 262 g/mol. The topological polar surface area (TPSA) is 102 Å². The van der Waals surface area contributed by atoms with Gasteiger partial charge in [0, 0.05) is 17.1 Å². The van der Waals surface area contributed by atoms with Crippen LogP contribution in [0.5, 0.6) is 0 Å². The summed E-state index contributed by atoms with van der Waals surface area (Å²) in [5.41, 5.74) is 1.77. The van der Waals surface area contributed by atoms with E-state index in [1.165, 1.54) is 0 Å². The molecule has 4 N–H and O–H groups in total. The van der Waals surface area contributed by atoms with Crippen LogP contribution < -0.4 is 5.32 Å². The summed E-state index contributed by atoms with van der Waals surface area (Å²) in [5.74, 6) is -1.68. The van der Waals surface area contributed by atoms with Crippen molar-refractivity contribution in [2.45, 2.75) is 12.5 Å². The van der Waals surface area contributed by atoms with Crippen LogP contribution in [0.25, 0.3) is 10.9 Å². The molecule has 1 atom stereocenters. The minimum Gasteiger partial charge on any atom is -0.479 e. The van der Waals surface area contributed by atoms with E-state index in [2.05, 4.69) is 10.3 Å². The minimum atomic E-state index is -1.58. The number of fused-ring (bicyclic) bond motifs is 1. The van der Waals surface area contributed by atoms with Gasteiger partial charge in [0.1, 0.15) is 0 Å². The van der Waals surface area contributed by atoms with Gasteiger partial charge in [-0.25, -0.2) is 4.79 Å². The zero-order valence-corrected chi connectivity index (χ0v) is 10.1. The maximum atomic E-state index is 11.7. The maximum absolute atomic E-state index is 11.7. The molecule has 6 nitrogen and oxygen atoms in total. The van der Waals surface area contributed by atoms with Crippen molar-refractivity contribution in [1.29, 1.82) is 0 Å². The van der Waals surface area contributed by atoms with Crippen molar-refractivity contribution in [3.8, 4) is 0 Å². The lowest BCUT2D eigenvalue weighted by atomic mass is 10.1. The van der Waals surface area contributed by atoms with Crippen molar-refractivity contribution in [1.82, 2.24) is 10.3 Å². The Bertz CT molecular complexity index is 605. The number of hydrogen-bond acceptors (Lipinski definition) is 3. The van der Waals surface area contributed by atoms with E-state index in [1.54, 1.807) is 6.20 Å². The third-order valence-electron chi connectivity index (χ3n) is 2.80. The number of aliphatic hydroxyl groups excluding tert-OH is 1. The molecule has 1 heterocycles. The number of carboxylic acids is 1. The Labute approximate surface area is 109 Å². The van der Waals surface area contributed by atoms with Crippen LogP contribution in [0.3, 0.4) is 0 Å². The van der Waals surface area contributed by atoms with E-state index in [4.69, 9.17) is 10.2 Å². The van der Waals surface area contributed by atoms with Gasteiger partial charge >= 0.3 is 5.97 Å². The molecule has 0 aliphatic heterocycles. The molecule has 0 saturated carbocycles. The smallest absolute Gasteiger partial charge is 0.334 e. The number of para-hydroxylation sites is 1. The van der Waals surface area contributed by atoms with Crippen molar-refractivity contribution < 1.29 is 19.8 Å². The number of benzene rings is 1. The van der Waals surface area contributed by atoms with Gasteiger partial charge < -0.3 is 20.5 Å². The molecule has 1 aromatic carbocycles. The van der Waals surface area contributed by atoms with Gasteiger partial charge in [-0.05, 0) is 11.6 Å². The Morgan fingerprint density at radius 2 is 2.05 bits per heavy atom. The summed E-state index contributed by atoms with van der Waals surface area (Å²) in [4.78, 5) is 25.1. The number of aromatic amines is 1. The van der Waals surface area contributed by atoms with E-state index in [0.717, 1.165) is 16.5 Å². The molecule has 19 heavy (non-hydrogen) atoms. The average Bonchev–Trinajstić information content (AvgIpc) is 2.79. The van der Waals surface area contributed by atoms with Crippen LogP contribution in [0, 0.1) is 0 Å². The van der Waals surface area contributed by atoms with E-state index in [0.29, 0.717) is 0 Å². The highest BCUT2D eigenvalue weighted by atomic mass is 16.4. The summed E-state index contributed by atoms with van der Waals surface area (Å²) < 4.78 is 0. The van der Waals surface area contributed by atoms with Gasteiger partial charge in [-0.1, -0.05) is 18.2 Å². The summed E-state index contributed by atoms with van der Waals surface area (Å²) in [6.45, 7) is -0.295. The van der Waals surface area contributed by atoms with Crippen LogP contribution in [0.2, 0.25) is 0 Å². The number of carbonyl (C=O) groups is 2. The largest absolute Gasteiger partial charge is 0.479 e. The van der Waals surface area contributed by atoms with Crippen LogP contribution in [-0.2, 0) is 16.0 Å². The fourth-order valence-corrected chi connectivity index (χ4v) is 1.81. The van der Waals surface area contributed by atoms with Crippen LogP contribution in [0.4, 0.5) is 0 Å². The van der Waals surface area contributed by atoms with Gasteiger partial charge in [0.25, 0.3) is 0 Å². The first-order chi connectivity index (χ1) is 9.08. The second kappa shape index (κ2) is 5.53. The number of amides is 1. The van der Waals surface area contributed by atoms with Gasteiger partial charge in [0.15, 0.2) is 6.10 Å². The highest BCUT2D eigenvalue weighted by Crippen LogP contribution is 2.17. The molecule has 0 bridgehead atoms. The van der Waals surface area contributed by atoms with Gasteiger partial charge in [-0.3, -0.25) is 4.79 Å². The molecule has 1 unspecified atom stereocenters. The molecule has 0 aliphatic rings. The Hall–Kier alpha value is -2.34. The van der Waals surface area contributed by atoms with Crippen molar-refractivity contribution in [2.24, 2.45) is 0 Å². The SMILES string of the molecule is O=C(Cc1c[nH]c2ccccc12)NCC(O)C(=O)O. The molecule has 1 aromatic heterocycles. The van der Waals surface area contributed by atoms with Crippen LogP contribution >= 0.6 is 0 Å². The highest BCUT2D eigenvalue weighted by molar-refractivity contribution is 5.89. The summed E-state index contributed by atoms with van der Waals surface area (Å²) in [5, 5.41) is 20.9. The fraction of sp³-hybridized carbons (Fsp3) is 0.231. The number of hydrogen-bond donors (Lipinski definition) is 4. The molecule has 0 aliphatic carbocycles. The summed E-state index contributed by atoms with van der Waals surface area (Å²) in [6.07, 6.45) is 0.306. The number of carbonyl (C=O) groups excluding carboxylic acids is 1. The number of carboxylic acid groups (broad SMARTS) is 1. The molecule has 0 radical (unpaired) electrons. The van der Waals surface area contributed by atoms with Gasteiger partial charge in [0.2, 0.25) is 5.91 Å². The molecular formula is C13H14N2O4. The van der Waals surface area contributed by atoms with Crippen molar-refractivity contribution in [3.05, 3.63) is 36.0 Å². The summed E-state index contributed by atoms with van der Waals surface area (Å²) in [6, 6.07) is 7.59. The number of aliphatic hydroxyl groups is 1. The van der Waals surface area contributed by atoms with Crippen LogP contribution in [-0.4, -0.2) is 39.7 Å². The normalized spacial score (nSPS) is 12.3. The predicted octanol–water partition coefficient (Wildman–Crippen LogP) is 0.272. The number of H-pyrrole nitrogens is 1. The summed E-state index contributed by atoms with van der Waals surface area (Å²) in [7, 11) is 0. The third-order valence-corrected chi connectivity index (χ3v) is 2.80. The quantitative estimate of drug-likeness (QED) is 0.621. The molecule has 0 fully saturated rings. The third kappa shape index (κ3) is 3.11. The fourth-order valence-electron chi connectivity index (χ4n) is 1.81. The van der Waals surface area contributed by atoms with E-state index in [9.17, 15) is 9.59 Å². The number of aromatic nitrogens is 1. The molecule has 100 valence electrons. The Balaban J connectivity index is 1.97. The Kier molecular flexibility index (Phi) is 3.82. The van der Waals surface area contributed by atoms with Crippen molar-refractivity contribution in [3.63, 3.8) is 0 Å². The van der Waals surface area contributed by atoms with E-state index in [-0.39, 0.29) is 18.9 Å². The molecule has 2 rings (SSSR count). The van der Waals surface area contributed by atoms with Crippen molar-refractivity contribution in [2.75, 3.05) is 6.54 Å². The first-order valence-electron chi connectivity index (χ1n) is 5.80. The molecule has 2 aromatic rings. The molecule has 6 heteroatoms. The maximum Gasteiger partial charge on any atom is 0.334 e. The van der Waals surface area contributed by atoms with Gasteiger partial charge in [0.05, 0.1) is 13.0 Å². The minimum absolute atomic E-state index is 0.135. The van der Waals surface area contributed by atoms with Crippen LogP contribution in [0.1, 0.15) is 5.56 Å². The lowest BCUT2D eigenvalue weighted by Gasteiger charge is -2.07. The number of aliphatic carboxylic acids is 1. The molecule has 0 saturated heterocycles. The lowest BCUT2D eigenvalue weighted by Crippen LogP contribution is -2.37. The second-order valence-electron chi connectivity index (χ2n) is 4.19. The van der Waals surface area contributed by atoms with Gasteiger partial charge in [-0.15, -0.1) is 0 Å². The first-order valence-corrected chi connectivity index (χ1v) is 5.80. The second-order valence-corrected chi connectivity index (χ2v) is 4.19. The lowest BCUT2D eigenvalue weighted by molar-refractivity contribution is -0.146. The molecule has 0 spiro atoms. The van der Waals surface area contributed by atoms with E-state index in [1.807, 2.05) is 24.3 Å². The van der Waals surface area contributed by atoms with Crippen molar-refractivity contribution >= 4 is 22.8 Å². The number of nitrogens with one attached hydrogen (secondary N) is 2. The monoisotopic (exact) mass is 262 g/mol. The van der Waals surface area contributed by atoms with E-state index >= 15 is 0 Å². The first kappa shape index (κ1) is 13.1. The molecule has 1 amide bonds. The van der Waals surface area contributed by atoms with Crippen LogP contribution in [0.15, 0.2) is 30.5 Å². The standard InChI is InChI=1S/C13H14N2O4/c16-11(13(18)19)7-15-12(17)5-8-6-14-10-4-2-1-3-9(8)10/h1-4,6,11,14,16H,5,7H2,(H,15,17)(H,18,19). The zero-order valence-electron chi connectivity index (χ0n) is 10.1. The summed E-state index contributed by atoms with van der Waals surface area (Å²) >= 11 is 0. The number of rotatable bonds is 5. The zero-order chi connectivity index (χ0) is 13.8. The predicted molar refractivity (Wildman–Crippen MR) is 68.7 cm³/mol. The van der Waals surface area contributed by atoms with E-state index < -0.39 is 12.1 Å². The molecular weight excluding hydrogens is 248 g/mol. The van der Waals surface area contributed by atoms with Gasteiger partial charge in [-0.2, -0.15) is 0 Å². The Morgan fingerprint density at radius 3 is 2.79 bits per heavy atom. The Morgan fingerprint density at radius 1 is 1.32 bits per heavy atom. The highest BCUT2D eigenvalue weighted by Gasteiger charge is 2.15.